The number of piperidine rings is 3. The van der Waals surface area contributed by atoms with Gasteiger partial charge < -0.3 is 18.7 Å². The van der Waals surface area contributed by atoms with Gasteiger partial charge in [0.25, 0.3) is 0 Å². The van der Waals surface area contributed by atoms with Crippen molar-refractivity contribution in [2.75, 3.05) is 32.8 Å². The van der Waals surface area contributed by atoms with E-state index in [4.69, 9.17) is 14.2 Å². The molecule has 3 aliphatic heterocycles. The molecule has 4 aliphatic rings. The molecule has 36 heavy (non-hydrogen) atoms. The van der Waals surface area contributed by atoms with Gasteiger partial charge in [-0.05, 0) is 23.3 Å². The lowest BCUT2D eigenvalue weighted by Gasteiger charge is -2.52. The van der Waals surface area contributed by atoms with Crippen molar-refractivity contribution in [3.05, 3.63) is 96.6 Å². The first-order chi connectivity index (χ1) is 17.6. The van der Waals surface area contributed by atoms with Gasteiger partial charge in [0.1, 0.15) is 18.4 Å². The molecule has 2 unspecified atom stereocenters. The summed E-state index contributed by atoms with van der Waals surface area (Å²) in [6, 6.07) is 18.0. The second-order valence-electron chi connectivity index (χ2n) is 10.2. The van der Waals surface area contributed by atoms with Crippen molar-refractivity contribution in [3.8, 4) is 5.75 Å². The molecule has 2 bridgehead atoms. The van der Waals surface area contributed by atoms with Gasteiger partial charge in [0.15, 0.2) is 6.10 Å². The fourth-order valence-electron chi connectivity index (χ4n) is 5.89. The van der Waals surface area contributed by atoms with Crippen molar-refractivity contribution >= 4 is 11.7 Å². The smallest absolute Gasteiger partial charge is 0.493 e. The Hall–Kier alpha value is -3.31. The SMILES string of the molecule is C=C1C=CC=CCC(OC(=O)OC2C[N+]3(CCCOc4ccccc4)CCC2CC3)c2ccccc21. The van der Waals surface area contributed by atoms with Gasteiger partial charge in [-0.25, -0.2) is 4.79 Å². The lowest BCUT2D eigenvalue weighted by atomic mass is 9.83. The first-order valence-corrected chi connectivity index (χ1v) is 13.1. The van der Waals surface area contributed by atoms with Crippen LogP contribution in [0.25, 0.3) is 5.57 Å². The molecular weight excluding hydrogens is 450 g/mol. The normalized spacial score (nSPS) is 26.9. The molecule has 0 radical (unpaired) electrons. The van der Waals surface area contributed by atoms with Crippen molar-refractivity contribution in [2.24, 2.45) is 5.92 Å². The molecule has 0 saturated carbocycles. The van der Waals surface area contributed by atoms with Crippen LogP contribution >= 0.6 is 0 Å². The highest BCUT2D eigenvalue weighted by atomic mass is 16.7. The van der Waals surface area contributed by atoms with E-state index in [0.717, 1.165) is 72.4 Å². The van der Waals surface area contributed by atoms with Crippen molar-refractivity contribution in [3.63, 3.8) is 0 Å². The summed E-state index contributed by atoms with van der Waals surface area (Å²) in [5, 5.41) is 0. The predicted octanol–water partition coefficient (Wildman–Crippen LogP) is 6.49. The number of carbonyl (C=O) groups excluding carboxylic acids is 1. The van der Waals surface area contributed by atoms with Crippen LogP contribution in [0.5, 0.6) is 5.75 Å². The van der Waals surface area contributed by atoms with Crippen LogP contribution in [0.15, 0.2) is 85.5 Å². The van der Waals surface area contributed by atoms with Crippen molar-refractivity contribution in [1.29, 1.82) is 0 Å². The zero-order chi connectivity index (χ0) is 24.8. The van der Waals surface area contributed by atoms with Gasteiger partial charge in [0.05, 0.1) is 26.2 Å². The van der Waals surface area contributed by atoms with Gasteiger partial charge in [-0.1, -0.05) is 73.3 Å². The lowest BCUT2D eigenvalue weighted by Crippen LogP contribution is -2.64. The molecular formula is C31H36NO4+. The molecule has 0 spiro atoms. The summed E-state index contributed by atoms with van der Waals surface area (Å²) in [5.74, 6) is 1.34. The van der Waals surface area contributed by atoms with E-state index in [9.17, 15) is 4.79 Å². The fourth-order valence-corrected chi connectivity index (χ4v) is 5.89. The number of fused-ring (bicyclic) bond motifs is 4. The maximum absolute atomic E-state index is 13.0. The number of hydrogen-bond acceptors (Lipinski definition) is 4. The van der Waals surface area contributed by atoms with Crippen LogP contribution in [0.2, 0.25) is 0 Å². The number of benzene rings is 2. The fraction of sp³-hybridized carbons (Fsp3) is 0.387. The minimum Gasteiger partial charge on any atom is -0.493 e. The second-order valence-corrected chi connectivity index (χ2v) is 10.2. The van der Waals surface area contributed by atoms with E-state index in [1.807, 2.05) is 78.9 Å². The van der Waals surface area contributed by atoms with E-state index >= 15 is 0 Å². The Morgan fingerprint density at radius 3 is 2.58 bits per heavy atom. The van der Waals surface area contributed by atoms with Crippen LogP contribution in [0.4, 0.5) is 4.79 Å². The molecule has 6 rings (SSSR count). The summed E-state index contributed by atoms with van der Waals surface area (Å²) < 4.78 is 18.9. The minimum atomic E-state index is -0.565. The maximum Gasteiger partial charge on any atom is 0.509 e. The number of rotatable bonds is 7. The van der Waals surface area contributed by atoms with E-state index in [1.54, 1.807) is 0 Å². The topological polar surface area (TPSA) is 44.8 Å². The monoisotopic (exact) mass is 486 g/mol. The van der Waals surface area contributed by atoms with Gasteiger partial charge in [0.2, 0.25) is 0 Å². The highest BCUT2D eigenvalue weighted by Gasteiger charge is 2.47. The van der Waals surface area contributed by atoms with Crippen molar-refractivity contribution in [1.82, 2.24) is 0 Å². The van der Waals surface area contributed by atoms with Crippen LogP contribution in [0.1, 0.15) is 42.9 Å². The van der Waals surface area contributed by atoms with Crippen LogP contribution in [-0.4, -0.2) is 49.5 Å². The predicted molar refractivity (Wildman–Crippen MR) is 141 cm³/mol. The summed E-state index contributed by atoms with van der Waals surface area (Å²) in [6.45, 7) is 9.11. The summed E-state index contributed by atoms with van der Waals surface area (Å²) in [4.78, 5) is 13.0. The Morgan fingerprint density at radius 1 is 0.972 bits per heavy atom. The molecule has 3 saturated heterocycles. The molecule has 0 N–H and O–H groups in total. The highest BCUT2D eigenvalue weighted by molar-refractivity contribution is 5.75. The molecule has 2 aromatic carbocycles. The quantitative estimate of drug-likeness (QED) is 0.255. The summed E-state index contributed by atoms with van der Waals surface area (Å²) in [5.41, 5.74) is 2.87. The van der Waals surface area contributed by atoms with Gasteiger partial charge in [0, 0.05) is 37.2 Å². The third kappa shape index (κ3) is 5.73. The Labute approximate surface area is 214 Å². The third-order valence-corrected chi connectivity index (χ3v) is 7.86. The highest BCUT2D eigenvalue weighted by Crippen LogP contribution is 2.37. The number of para-hydroxylation sites is 1. The Kier molecular flexibility index (Phi) is 7.57. The number of carbonyl (C=O) groups is 1. The Morgan fingerprint density at radius 2 is 1.75 bits per heavy atom. The van der Waals surface area contributed by atoms with Gasteiger partial charge in [-0.15, -0.1) is 0 Å². The average molecular weight is 487 g/mol. The summed E-state index contributed by atoms with van der Waals surface area (Å²) in [7, 11) is 0. The van der Waals surface area contributed by atoms with Crippen LogP contribution in [0.3, 0.4) is 0 Å². The van der Waals surface area contributed by atoms with E-state index in [1.165, 1.54) is 0 Å². The molecule has 2 atom stereocenters. The van der Waals surface area contributed by atoms with Crippen molar-refractivity contribution in [2.45, 2.75) is 37.9 Å². The van der Waals surface area contributed by atoms with Crippen LogP contribution in [0, 0.1) is 5.92 Å². The molecule has 0 aromatic heterocycles. The number of quaternary nitrogens is 1. The zero-order valence-electron chi connectivity index (χ0n) is 20.9. The third-order valence-electron chi connectivity index (χ3n) is 7.86. The zero-order valence-corrected chi connectivity index (χ0v) is 20.9. The molecule has 1 aliphatic carbocycles. The van der Waals surface area contributed by atoms with Crippen LogP contribution < -0.4 is 4.74 Å². The van der Waals surface area contributed by atoms with Crippen LogP contribution in [-0.2, 0) is 9.47 Å². The largest absolute Gasteiger partial charge is 0.509 e. The standard InChI is InChI=1S/C31H36NO4/c1-24-11-4-2-7-16-29(28-15-9-8-14-27(24)28)35-31(33)36-30-23-32(20-17-25(30)18-21-32)19-10-22-34-26-12-5-3-6-13-26/h2-9,11-15,25,29-30H,1,10,16-23H2/q+1. The first kappa shape index (κ1) is 24.4. The summed E-state index contributed by atoms with van der Waals surface area (Å²) >= 11 is 0. The first-order valence-electron chi connectivity index (χ1n) is 13.1. The van der Waals surface area contributed by atoms with Gasteiger partial charge in [-0.3, -0.25) is 0 Å². The van der Waals surface area contributed by atoms with E-state index in [2.05, 4.69) is 6.58 Å². The minimum absolute atomic E-state index is 0.0891. The number of ether oxygens (including phenoxy) is 3. The van der Waals surface area contributed by atoms with Crippen molar-refractivity contribution < 1.29 is 23.5 Å². The van der Waals surface area contributed by atoms with E-state index in [0.29, 0.717) is 18.9 Å². The Bertz CT molecular complexity index is 1110. The van der Waals surface area contributed by atoms with Gasteiger partial charge in [-0.2, -0.15) is 0 Å². The lowest BCUT2D eigenvalue weighted by molar-refractivity contribution is -0.946. The van der Waals surface area contributed by atoms with E-state index < -0.39 is 12.3 Å². The van der Waals surface area contributed by atoms with E-state index in [-0.39, 0.29) is 6.10 Å². The second kappa shape index (κ2) is 11.2. The molecule has 3 heterocycles. The molecule has 5 heteroatoms. The molecule has 3 fully saturated rings. The molecule has 2 aromatic rings. The average Bonchev–Trinajstić information content (AvgIpc) is 2.98. The molecule has 5 nitrogen and oxygen atoms in total. The molecule has 188 valence electrons. The van der Waals surface area contributed by atoms with Gasteiger partial charge >= 0.3 is 6.16 Å². The number of nitrogens with zero attached hydrogens (tertiary/aromatic N) is 1. The number of hydrogen-bond donors (Lipinski definition) is 0. The number of allylic oxidation sites excluding steroid dienone is 4. The molecule has 0 amide bonds. The summed E-state index contributed by atoms with van der Waals surface area (Å²) in [6.07, 6.45) is 10.7. The maximum atomic E-state index is 13.0. The Balaban J connectivity index is 1.18.